The third-order valence-corrected chi connectivity index (χ3v) is 8.30. The predicted octanol–water partition coefficient (Wildman–Crippen LogP) is 6.43. The smallest absolute Gasteiger partial charge is 0.416 e. The van der Waals surface area contributed by atoms with E-state index >= 15 is 4.39 Å². The van der Waals surface area contributed by atoms with Crippen molar-refractivity contribution in [3.05, 3.63) is 111 Å². The SMILES string of the molecule is CC(C)(c1ccc(F)cc1)c1nc(-c2cn(Cc3ccc(C(F)(F)F)cc3)c3cc(OCCN4CCOCC4)c(F)cc3c2=O)no1. The number of hydrogen-bond donors (Lipinski definition) is 0. The minimum absolute atomic E-state index is 0.00316. The Morgan fingerprint density at radius 3 is 2.30 bits per heavy atom. The Morgan fingerprint density at radius 1 is 0.936 bits per heavy atom. The van der Waals surface area contributed by atoms with Gasteiger partial charge in [-0.15, -0.1) is 0 Å². The molecule has 0 spiro atoms. The van der Waals surface area contributed by atoms with Crippen molar-refractivity contribution < 1.29 is 35.9 Å². The number of ether oxygens (including phenoxy) is 2. The highest BCUT2D eigenvalue weighted by molar-refractivity contribution is 5.84. The van der Waals surface area contributed by atoms with Gasteiger partial charge in [0.1, 0.15) is 12.4 Å². The quantitative estimate of drug-likeness (QED) is 0.169. The zero-order valence-electron chi connectivity index (χ0n) is 25.6. The second-order valence-corrected chi connectivity index (χ2v) is 11.9. The van der Waals surface area contributed by atoms with E-state index in [1.807, 2.05) is 0 Å². The molecule has 1 aliphatic rings. The lowest BCUT2D eigenvalue weighted by molar-refractivity contribution is -0.137. The number of halogens is 5. The molecule has 13 heteroatoms. The lowest BCUT2D eigenvalue weighted by Gasteiger charge is -2.26. The molecule has 0 saturated carbocycles. The van der Waals surface area contributed by atoms with Crippen molar-refractivity contribution in [2.45, 2.75) is 32.0 Å². The molecule has 2 aromatic heterocycles. The summed E-state index contributed by atoms with van der Waals surface area (Å²) in [4.78, 5) is 20.4. The number of fused-ring (bicyclic) bond motifs is 1. The first-order chi connectivity index (χ1) is 22.4. The van der Waals surface area contributed by atoms with Gasteiger partial charge in [-0.05, 0) is 55.3 Å². The summed E-state index contributed by atoms with van der Waals surface area (Å²) in [6, 6.07) is 12.9. The van der Waals surface area contributed by atoms with Crippen LogP contribution in [0.3, 0.4) is 0 Å². The van der Waals surface area contributed by atoms with Crippen LogP contribution in [-0.4, -0.2) is 59.1 Å². The molecule has 1 aliphatic heterocycles. The predicted molar refractivity (Wildman–Crippen MR) is 163 cm³/mol. The molecule has 47 heavy (non-hydrogen) atoms. The molecule has 1 fully saturated rings. The van der Waals surface area contributed by atoms with Crippen LogP contribution in [-0.2, 0) is 22.9 Å². The number of rotatable bonds is 9. The molecule has 0 aliphatic carbocycles. The van der Waals surface area contributed by atoms with E-state index in [2.05, 4.69) is 15.0 Å². The van der Waals surface area contributed by atoms with Crippen molar-refractivity contribution in [3.8, 4) is 17.1 Å². The Labute approximate surface area is 266 Å². The first-order valence-electron chi connectivity index (χ1n) is 15.0. The van der Waals surface area contributed by atoms with Crippen molar-refractivity contribution in [2.24, 2.45) is 0 Å². The number of benzene rings is 3. The summed E-state index contributed by atoms with van der Waals surface area (Å²) in [6.07, 6.45) is -3.03. The van der Waals surface area contributed by atoms with Crippen LogP contribution in [0.15, 0.2) is 76.2 Å². The Kier molecular flexibility index (Phi) is 8.86. The number of alkyl halides is 3. The second kappa shape index (κ2) is 12.9. The van der Waals surface area contributed by atoms with Gasteiger partial charge in [-0.2, -0.15) is 18.2 Å². The van der Waals surface area contributed by atoms with Crippen molar-refractivity contribution in [3.63, 3.8) is 0 Å². The molecule has 8 nitrogen and oxygen atoms in total. The van der Waals surface area contributed by atoms with Crippen LogP contribution in [0.1, 0.15) is 36.4 Å². The van der Waals surface area contributed by atoms with E-state index < -0.39 is 34.2 Å². The van der Waals surface area contributed by atoms with E-state index in [0.29, 0.717) is 36.4 Å². The topological polar surface area (TPSA) is 82.6 Å². The molecule has 5 aromatic rings. The van der Waals surface area contributed by atoms with Gasteiger partial charge in [-0.1, -0.05) is 29.4 Å². The van der Waals surface area contributed by atoms with Crippen molar-refractivity contribution >= 4 is 10.9 Å². The van der Waals surface area contributed by atoms with Crippen LogP contribution in [0.2, 0.25) is 0 Å². The van der Waals surface area contributed by atoms with Gasteiger partial charge in [0.15, 0.2) is 11.6 Å². The fourth-order valence-electron chi connectivity index (χ4n) is 5.47. The summed E-state index contributed by atoms with van der Waals surface area (Å²) in [7, 11) is 0. The highest BCUT2D eigenvalue weighted by Crippen LogP contribution is 2.33. The maximum atomic E-state index is 15.4. The Bertz CT molecular complexity index is 1930. The van der Waals surface area contributed by atoms with Crippen LogP contribution >= 0.6 is 0 Å². The first kappa shape index (κ1) is 32.3. The molecule has 0 radical (unpaired) electrons. The van der Waals surface area contributed by atoms with Crippen LogP contribution in [0.25, 0.3) is 22.3 Å². The summed E-state index contributed by atoms with van der Waals surface area (Å²) in [5.41, 5.74) is -0.738. The van der Waals surface area contributed by atoms with Gasteiger partial charge in [0, 0.05) is 43.8 Å². The summed E-state index contributed by atoms with van der Waals surface area (Å²) in [5, 5.41) is 4.04. The van der Waals surface area contributed by atoms with E-state index in [1.54, 1.807) is 30.5 Å². The average Bonchev–Trinajstić information content (AvgIpc) is 3.55. The fraction of sp³-hybridized carbons (Fsp3) is 0.324. The van der Waals surface area contributed by atoms with E-state index in [9.17, 15) is 22.4 Å². The maximum Gasteiger partial charge on any atom is 0.416 e. The van der Waals surface area contributed by atoms with Gasteiger partial charge in [0.25, 0.3) is 0 Å². The van der Waals surface area contributed by atoms with Crippen LogP contribution in [0, 0.1) is 11.6 Å². The Balaban J connectivity index is 1.39. The highest BCUT2D eigenvalue weighted by atomic mass is 19.4. The highest BCUT2D eigenvalue weighted by Gasteiger charge is 2.32. The Hall–Kier alpha value is -4.62. The summed E-state index contributed by atoms with van der Waals surface area (Å²) in [6.45, 7) is 7.06. The lowest BCUT2D eigenvalue weighted by Crippen LogP contribution is -2.38. The van der Waals surface area contributed by atoms with Gasteiger partial charge >= 0.3 is 6.18 Å². The van der Waals surface area contributed by atoms with Gasteiger partial charge < -0.3 is 18.6 Å². The number of hydrogen-bond acceptors (Lipinski definition) is 7. The lowest BCUT2D eigenvalue weighted by atomic mass is 9.84. The number of nitrogens with zero attached hydrogens (tertiary/aromatic N) is 4. The second-order valence-electron chi connectivity index (χ2n) is 11.9. The number of pyridine rings is 1. The Morgan fingerprint density at radius 2 is 1.62 bits per heavy atom. The van der Waals surface area contributed by atoms with E-state index in [-0.39, 0.29) is 41.6 Å². The minimum atomic E-state index is -4.50. The molecule has 0 atom stereocenters. The largest absolute Gasteiger partial charge is 0.489 e. The summed E-state index contributed by atoms with van der Waals surface area (Å²) in [5.74, 6) is -1.13. The molecule has 0 amide bonds. The van der Waals surface area contributed by atoms with Crippen molar-refractivity contribution in [2.75, 3.05) is 39.5 Å². The molecular weight excluding hydrogens is 623 g/mol. The van der Waals surface area contributed by atoms with Gasteiger partial charge in [-0.3, -0.25) is 9.69 Å². The molecule has 0 N–H and O–H groups in total. The summed E-state index contributed by atoms with van der Waals surface area (Å²) >= 11 is 0. The molecule has 0 unspecified atom stereocenters. The van der Waals surface area contributed by atoms with Crippen LogP contribution in [0.4, 0.5) is 22.0 Å². The molecule has 6 rings (SSSR count). The van der Waals surface area contributed by atoms with Crippen molar-refractivity contribution in [1.82, 2.24) is 19.6 Å². The number of aromatic nitrogens is 3. The van der Waals surface area contributed by atoms with Gasteiger partial charge in [0.05, 0.1) is 35.3 Å². The molecule has 0 bridgehead atoms. The van der Waals surface area contributed by atoms with Crippen molar-refractivity contribution in [1.29, 1.82) is 0 Å². The zero-order chi connectivity index (χ0) is 33.3. The number of morpholine rings is 1. The van der Waals surface area contributed by atoms with Crippen LogP contribution < -0.4 is 10.2 Å². The average molecular weight is 655 g/mol. The first-order valence-corrected chi connectivity index (χ1v) is 15.0. The molecule has 3 aromatic carbocycles. The van der Waals surface area contributed by atoms with E-state index in [0.717, 1.165) is 31.3 Å². The third kappa shape index (κ3) is 6.91. The monoisotopic (exact) mass is 654 g/mol. The minimum Gasteiger partial charge on any atom is -0.489 e. The zero-order valence-corrected chi connectivity index (χ0v) is 25.6. The molecular formula is C34H31F5N4O4. The van der Waals surface area contributed by atoms with Crippen LogP contribution in [0.5, 0.6) is 5.75 Å². The normalized spacial score (nSPS) is 14.5. The summed E-state index contributed by atoms with van der Waals surface area (Å²) < 4.78 is 86.9. The fourth-order valence-corrected chi connectivity index (χ4v) is 5.47. The molecule has 1 saturated heterocycles. The van der Waals surface area contributed by atoms with Gasteiger partial charge in [-0.25, -0.2) is 8.78 Å². The van der Waals surface area contributed by atoms with E-state index in [4.69, 9.17) is 14.0 Å². The maximum absolute atomic E-state index is 15.4. The van der Waals surface area contributed by atoms with E-state index in [1.165, 1.54) is 36.5 Å². The van der Waals surface area contributed by atoms with Gasteiger partial charge in [0.2, 0.25) is 17.1 Å². The third-order valence-electron chi connectivity index (χ3n) is 8.30. The molecule has 3 heterocycles. The molecule has 246 valence electrons. The standard InChI is InChI=1S/C34H31F5N4O4/c1-33(2,22-7-9-24(35)10-8-22)32-40-31(41-47-32)26-20-43(19-21-3-5-23(6-4-21)34(37,38)39)28-18-29(27(36)17-25(28)30(26)44)46-16-13-42-11-14-45-15-12-42/h3-10,17-18,20H,11-16,19H2,1-2H3.